The van der Waals surface area contributed by atoms with Crippen LogP contribution in [-0.2, 0) is 20.9 Å². The maximum absolute atomic E-state index is 12.7. The predicted octanol–water partition coefficient (Wildman–Crippen LogP) is 2.60. The first kappa shape index (κ1) is 26.8. The number of aliphatic hydroxyl groups is 2. The molecule has 1 aliphatic heterocycles. The van der Waals surface area contributed by atoms with Gasteiger partial charge >= 0.3 is 11.9 Å². The number of nitrogens with zero attached hydrogens (tertiary/aromatic N) is 4. The largest absolute Gasteiger partial charge is 0.481 e. The van der Waals surface area contributed by atoms with Gasteiger partial charge in [-0.15, -0.1) is 0 Å². The maximum Gasteiger partial charge on any atom is 0.316 e. The number of carboxylic acids is 1. The molecular weight excluding hydrogens is 538 g/mol. The van der Waals surface area contributed by atoms with Crippen LogP contribution in [0.2, 0.25) is 0 Å². The highest BCUT2D eigenvalue weighted by Gasteiger charge is 2.83. The number of aliphatic hydroxyl groups excluding tert-OH is 1. The fraction of sp³-hybridized carbons (Fsp3) is 0.452. The minimum atomic E-state index is -1.27. The number of aliphatic carboxylic acids is 1. The zero-order chi connectivity index (χ0) is 29.5. The standard InChI is InChI=1S/C19H22O6.C12H11N5/c1-9-7-17-8-18(9,24)5-3-10(17)19-6-4-11(20)16(2,15(23)25-19)13(19)12(17)14(21)22;1-2-4-10(5-3-1)6-16-17-9-15-11-7-13-8-14-12(11)17/h4,6,10-13,20,24H,1,3,5,7-8H2,2H3,(H,21,22);1-5,7-9,16H,6H2/t10-,11+,12-,13-,16-,17+,18+,19-;/m1./s1. The topological polar surface area (TPSA) is 160 Å². The molecule has 3 aromatic rings. The second-order valence-electron chi connectivity index (χ2n) is 12.6. The number of carbonyl (C=O) groups is 2. The van der Waals surface area contributed by atoms with Crippen molar-refractivity contribution in [1.82, 2.24) is 19.6 Å². The van der Waals surface area contributed by atoms with Crippen molar-refractivity contribution in [2.75, 3.05) is 5.43 Å². The highest BCUT2D eigenvalue weighted by Crippen LogP contribution is 2.77. The number of hydrogen-bond donors (Lipinski definition) is 4. The van der Waals surface area contributed by atoms with Crippen molar-refractivity contribution < 1.29 is 29.6 Å². The van der Waals surface area contributed by atoms with E-state index in [2.05, 4.69) is 39.1 Å². The summed E-state index contributed by atoms with van der Waals surface area (Å²) < 4.78 is 7.68. The molecule has 8 rings (SSSR count). The number of fused-ring (bicyclic) bond motifs is 2. The molecule has 11 nitrogen and oxygen atoms in total. The van der Waals surface area contributed by atoms with Crippen molar-refractivity contribution in [3.8, 4) is 0 Å². The van der Waals surface area contributed by atoms with Crippen LogP contribution in [0.1, 0.15) is 38.2 Å². The molecule has 0 amide bonds. The van der Waals surface area contributed by atoms with E-state index in [0.717, 1.165) is 17.7 Å². The Kier molecular flexibility index (Phi) is 5.71. The number of rotatable bonds is 4. The number of carboxylic acid groups (broad SMARTS) is 1. The molecule has 5 aliphatic rings. The van der Waals surface area contributed by atoms with Crippen LogP contribution in [0.3, 0.4) is 0 Å². The first-order chi connectivity index (χ1) is 20.0. The molecule has 2 aromatic heterocycles. The molecule has 3 heterocycles. The van der Waals surface area contributed by atoms with E-state index < -0.39 is 51.9 Å². The molecule has 0 unspecified atom stereocenters. The fourth-order valence-electron chi connectivity index (χ4n) is 8.79. The molecule has 4 fully saturated rings. The summed E-state index contributed by atoms with van der Waals surface area (Å²) in [4.78, 5) is 37.4. The highest BCUT2D eigenvalue weighted by molar-refractivity contribution is 5.86. The highest BCUT2D eigenvalue weighted by atomic mass is 16.6. The van der Waals surface area contributed by atoms with E-state index in [-0.39, 0.29) is 5.92 Å². The van der Waals surface area contributed by atoms with E-state index in [0.29, 0.717) is 31.3 Å². The van der Waals surface area contributed by atoms with Gasteiger partial charge < -0.3 is 25.5 Å². The van der Waals surface area contributed by atoms with Gasteiger partial charge in [-0.05, 0) is 55.2 Å². The Morgan fingerprint density at radius 3 is 2.81 bits per heavy atom. The van der Waals surface area contributed by atoms with Gasteiger partial charge in [0.15, 0.2) is 5.65 Å². The summed E-state index contributed by atoms with van der Waals surface area (Å²) in [6.07, 6.45) is 9.04. The second kappa shape index (κ2) is 8.95. The Morgan fingerprint density at radius 1 is 1.26 bits per heavy atom. The maximum atomic E-state index is 12.7. The van der Waals surface area contributed by atoms with Crippen molar-refractivity contribution >= 4 is 23.1 Å². The summed E-state index contributed by atoms with van der Waals surface area (Å²) in [6.45, 7) is 6.38. The zero-order valence-corrected chi connectivity index (χ0v) is 23.2. The molecule has 1 saturated heterocycles. The van der Waals surface area contributed by atoms with Crippen LogP contribution in [0.15, 0.2) is 73.5 Å². The van der Waals surface area contributed by atoms with Gasteiger partial charge in [0.1, 0.15) is 29.2 Å². The molecule has 1 spiro atoms. The van der Waals surface area contributed by atoms with Crippen molar-refractivity contribution in [2.45, 2.75) is 56.5 Å². The summed E-state index contributed by atoms with van der Waals surface area (Å²) in [6, 6.07) is 10.2. The van der Waals surface area contributed by atoms with Crippen molar-refractivity contribution in [3.63, 3.8) is 0 Å². The molecule has 218 valence electrons. The van der Waals surface area contributed by atoms with Crippen molar-refractivity contribution in [2.24, 2.45) is 28.6 Å². The Labute approximate surface area is 241 Å². The molecular formula is C31H33N5O6. The van der Waals surface area contributed by atoms with Crippen LogP contribution in [0, 0.1) is 28.6 Å². The third-order valence-corrected chi connectivity index (χ3v) is 10.6. The normalized spacial score (nSPS) is 38.8. The first-order valence-corrected chi connectivity index (χ1v) is 14.2. The van der Waals surface area contributed by atoms with Crippen molar-refractivity contribution in [1.29, 1.82) is 0 Å². The summed E-state index contributed by atoms with van der Waals surface area (Å²) in [5, 5.41) is 31.6. The first-order valence-electron chi connectivity index (χ1n) is 14.2. The Balaban J connectivity index is 0.000000148. The molecule has 42 heavy (non-hydrogen) atoms. The third kappa shape index (κ3) is 3.43. The second-order valence-corrected chi connectivity index (χ2v) is 12.6. The molecule has 1 aromatic carbocycles. The van der Waals surface area contributed by atoms with Crippen LogP contribution < -0.4 is 5.43 Å². The van der Waals surface area contributed by atoms with Crippen molar-refractivity contribution in [3.05, 3.63) is 79.1 Å². The Morgan fingerprint density at radius 2 is 2.05 bits per heavy atom. The van der Waals surface area contributed by atoms with Gasteiger partial charge in [-0.25, -0.2) is 19.6 Å². The monoisotopic (exact) mass is 571 g/mol. The SMILES string of the molecule is C=C1C[C@]23C[C@@]1(O)CC[C@H]2[C@@]12C=C[C@H](O)[C@@](C)(C(=O)O1)[C@H]2[C@@H]3C(=O)O.c1ccc(CNn2cnc3cncnc32)cc1. The zero-order valence-electron chi connectivity index (χ0n) is 23.2. The number of benzene rings is 1. The lowest BCUT2D eigenvalue weighted by Crippen LogP contribution is -2.50. The van der Waals surface area contributed by atoms with Crippen LogP contribution >= 0.6 is 0 Å². The summed E-state index contributed by atoms with van der Waals surface area (Å²) in [7, 11) is 0. The molecule has 4 bridgehead atoms. The number of esters is 1. The summed E-state index contributed by atoms with van der Waals surface area (Å²) >= 11 is 0. The molecule has 4 N–H and O–H groups in total. The average molecular weight is 572 g/mol. The Hall–Kier alpha value is -4.09. The molecule has 8 atom stereocenters. The van der Waals surface area contributed by atoms with Gasteiger partial charge in [-0.1, -0.05) is 43.0 Å². The predicted molar refractivity (Wildman–Crippen MR) is 150 cm³/mol. The molecule has 4 aliphatic carbocycles. The van der Waals surface area contributed by atoms with Gasteiger partial charge in [0, 0.05) is 11.8 Å². The lowest BCUT2D eigenvalue weighted by molar-refractivity contribution is -0.163. The number of hydrogen-bond acceptors (Lipinski definition) is 9. The van der Waals surface area contributed by atoms with Gasteiger partial charge in [0.25, 0.3) is 0 Å². The van der Waals surface area contributed by atoms with Crippen LogP contribution in [0.5, 0.6) is 0 Å². The summed E-state index contributed by atoms with van der Waals surface area (Å²) in [5.74, 6) is -3.18. The minimum absolute atomic E-state index is 0.180. The Bertz CT molecular complexity index is 1640. The van der Waals surface area contributed by atoms with E-state index in [9.17, 15) is 24.9 Å². The molecule has 0 radical (unpaired) electrons. The quantitative estimate of drug-likeness (QED) is 0.271. The lowest BCUT2D eigenvalue weighted by atomic mass is 9.61. The summed E-state index contributed by atoms with van der Waals surface area (Å²) in [5.41, 5.74) is 2.74. The van der Waals surface area contributed by atoms with Crippen LogP contribution in [0.25, 0.3) is 11.2 Å². The molecule has 3 saturated carbocycles. The number of nitrogens with one attached hydrogen (secondary N) is 1. The fourth-order valence-corrected chi connectivity index (χ4v) is 8.79. The van der Waals surface area contributed by atoms with Gasteiger partial charge in [-0.2, -0.15) is 0 Å². The van der Waals surface area contributed by atoms with Gasteiger partial charge in [-0.3, -0.25) is 9.59 Å². The van der Waals surface area contributed by atoms with Gasteiger partial charge in [0.05, 0.1) is 30.4 Å². The lowest BCUT2D eigenvalue weighted by Gasteiger charge is -2.44. The van der Waals surface area contributed by atoms with Crippen LogP contribution in [0.4, 0.5) is 0 Å². The number of aromatic nitrogens is 4. The van der Waals surface area contributed by atoms with Gasteiger partial charge in [0.2, 0.25) is 0 Å². The number of ether oxygens (including phenoxy) is 1. The minimum Gasteiger partial charge on any atom is -0.481 e. The molecule has 11 heteroatoms. The third-order valence-electron chi connectivity index (χ3n) is 10.6. The van der Waals surface area contributed by atoms with E-state index in [1.54, 1.807) is 31.6 Å². The van der Waals surface area contributed by atoms with E-state index >= 15 is 0 Å². The van der Waals surface area contributed by atoms with E-state index in [1.807, 2.05) is 22.9 Å². The smallest absolute Gasteiger partial charge is 0.316 e. The average Bonchev–Trinajstić information content (AvgIpc) is 3.60. The van der Waals surface area contributed by atoms with E-state index in [1.165, 1.54) is 11.9 Å². The van der Waals surface area contributed by atoms with E-state index in [4.69, 9.17) is 4.74 Å². The van der Waals surface area contributed by atoms with Crippen LogP contribution in [-0.4, -0.2) is 64.2 Å². The number of imidazole rings is 1. The number of carbonyl (C=O) groups excluding carboxylic acids is 1.